The van der Waals surface area contributed by atoms with Crippen LogP contribution in [0.3, 0.4) is 0 Å². The third-order valence-electron chi connectivity index (χ3n) is 2.51. The number of rotatable bonds is 9. The molecule has 0 aliphatic carbocycles. The Morgan fingerprint density at radius 3 is 3.05 bits per heavy atom. The average Bonchev–Trinajstić information content (AvgIpc) is 2.76. The molecule has 1 heterocycles. The van der Waals surface area contributed by atoms with Gasteiger partial charge in [0.1, 0.15) is 6.61 Å². The summed E-state index contributed by atoms with van der Waals surface area (Å²) in [7, 11) is 0. The van der Waals surface area contributed by atoms with Crippen LogP contribution < -0.4 is 0 Å². The van der Waals surface area contributed by atoms with Crippen molar-refractivity contribution >= 4 is 23.1 Å². The lowest BCUT2D eigenvalue weighted by Crippen LogP contribution is -2.04. The van der Waals surface area contributed by atoms with Crippen molar-refractivity contribution in [3.63, 3.8) is 0 Å². The van der Waals surface area contributed by atoms with E-state index in [4.69, 9.17) is 0 Å². The van der Waals surface area contributed by atoms with Gasteiger partial charge in [0.2, 0.25) is 0 Å². The molecular weight excluding hydrogens is 296 g/mol. The molecule has 0 aromatic carbocycles. The normalized spacial score (nSPS) is 12.5. The first kappa shape index (κ1) is 16.7. The van der Waals surface area contributed by atoms with Crippen LogP contribution in [-0.2, 0) is 11.3 Å². The number of thiazole rings is 1. The molecule has 0 aliphatic rings. The van der Waals surface area contributed by atoms with Crippen LogP contribution >= 0.6 is 23.1 Å². The van der Waals surface area contributed by atoms with E-state index in [0.717, 1.165) is 21.3 Å². The van der Waals surface area contributed by atoms with Crippen LogP contribution in [0.25, 0.3) is 0 Å². The minimum absolute atomic E-state index is 0.0840. The highest BCUT2D eigenvalue weighted by atomic mass is 32.2. The molecule has 0 fully saturated rings. The molecule has 1 atom stereocenters. The molecular formula is C13H18N2O3S2. The zero-order valence-electron chi connectivity index (χ0n) is 11.6. The standard InChI is InChI=1S/C13H18N2O3S2/c1-4-5-8-19-9-10(2)13-14-11(3)12(20-13)6-7-18-15(16)17/h4-5,8,10H,1,6-7,9H2,2-3H3/b8-5-. The molecule has 1 aromatic heterocycles. The Balaban J connectivity index is 2.52. The fourth-order valence-electron chi connectivity index (χ4n) is 1.49. The van der Waals surface area contributed by atoms with Crippen molar-refractivity contribution in [3.8, 4) is 0 Å². The van der Waals surface area contributed by atoms with Crippen LogP contribution in [0.5, 0.6) is 0 Å². The van der Waals surface area contributed by atoms with E-state index >= 15 is 0 Å². The van der Waals surface area contributed by atoms with E-state index in [9.17, 15) is 10.1 Å². The van der Waals surface area contributed by atoms with E-state index in [-0.39, 0.29) is 6.61 Å². The summed E-state index contributed by atoms with van der Waals surface area (Å²) in [5.41, 5.74) is 0.940. The first-order valence-electron chi connectivity index (χ1n) is 6.17. The Labute approximate surface area is 126 Å². The Morgan fingerprint density at radius 1 is 1.65 bits per heavy atom. The van der Waals surface area contributed by atoms with Crippen molar-refractivity contribution in [2.24, 2.45) is 0 Å². The fourth-order valence-corrected chi connectivity index (χ4v) is 3.47. The summed E-state index contributed by atoms with van der Waals surface area (Å²) >= 11 is 3.33. The first-order valence-corrected chi connectivity index (χ1v) is 8.03. The number of nitrogens with zero attached hydrogens (tertiary/aromatic N) is 2. The van der Waals surface area contributed by atoms with Crippen LogP contribution in [0.2, 0.25) is 0 Å². The predicted octanol–water partition coefficient (Wildman–Crippen LogP) is 3.74. The van der Waals surface area contributed by atoms with Gasteiger partial charge in [-0.3, -0.25) is 0 Å². The lowest BCUT2D eigenvalue weighted by Gasteiger charge is -2.04. The third-order valence-corrected chi connectivity index (χ3v) is 5.00. The van der Waals surface area contributed by atoms with Crippen molar-refractivity contribution in [1.82, 2.24) is 4.98 Å². The number of hydrogen-bond donors (Lipinski definition) is 0. The van der Waals surface area contributed by atoms with Crippen LogP contribution in [0.4, 0.5) is 0 Å². The van der Waals surface area contributed by atoms with Crippen LogP contribution in [0.1, 0.15) is 28.4 Å². The van der Waals surface area contributed by atoms with Crippen LogP contribution in [0.15, 0.2) is 24.1 Å². The maximum atomic E-state index is 10.1. The molecule has 0 amide bonds. The zero-order chi connectivity index (χ0) is 15.0. The lowest BCUT2D eigenvalue weighted by atomic mass is 10.2. The second-order valence-corrected chi connectivity index (χ2v) is 6.22. The number of aromatic nitrogens is 1. The number of hydrogen-bond acceptors (Lipinski definition) is 6. The molecule has 0 radical (unpaired) electrons. The summed E-state index contributed by atoms with van der Waals surface area (Å²) < 4.78 is 0. The summed E-state index contributed by atoms with van der Waals surface area (Å²) in [6.07, 6.45) is 4.18. The van der Waals surface area contributed by atoms with Gasteiger partial charge >= 0.3 is 0 Å². The van der Waals surface area contributed by atoms with Crippen molar-refractivity contribution in [3.05, 3.63) is 49.8 Å². The number of allylic oxidation sites excluding steroid dienone is 2. The maximum absolute atomic E-state index is 10.1. The van der Waals surface area contributed by atoms with Crippen molar-refractivity contribution in [2.75, 3.05) is 12.4 Å². The van der Waals surface area contributed by atoms with Gasteiger partial charge in [0.15, 0.2) is 0 Å². The molecule has 1 unspecified atom stereocenters. The quantitative estimate of drug-likeness (QED) is 0.395. The van der Waals surface area contributed by atoms with E-state index in [1.807, 2.05) is 18.4 Å². The molecule has 0 N–H and O–H groups in total. The van der Waals surface area contributed by atoms with Gasteiger partial charge < -0.3 is 4.84 Å². The van der Waals surface area contributed by atoms with E-state index in [1.54, 1.807) is 29.2 Å². The van der Waals surface area contributed by atoms with E-state index in [0.29, 0.717) is 12.3 Å². The number of thioether (sulfide) groups is 1. The molecule has 1 rings (SSSR count). The second kappa shape index (κ2) is 8.76. The monoisotopic (exact) mass is 314 g/mol. The van der Waals surface area contributed by atoms with Gasteiger partial charge in [-0.25, -0.2) is 4.98 Å². The molecule has 1 aromatic rings. The number of aryl methyl sites for hydroxylation is 1. The Morgan fingerprint density at radius 2 is 2.40 bits per heavy atom. The van der Waals surface area contributed by atoms with Crippen molar-refractivity contribution < 1.29 is 9.92 Å². The van der Waals surface area contributed by atoms with E-state index in [2.05, 4.69) is 23.3 Å². The highest BCUT2D eigenvalue weighted by Crippen LogP contribution is 2.28. The minimum atomic E-state index is -0.761. The Hall–Kier alpha value is -1.34. The van der Waals surface area contributed by atoms with Gasteiger partial charge in [0.25, 0.3) is 5.09 Å². The topological polar surface area (TPSA) is 65.3 Å². The molecule has 110 valence electrons. The van der Waals surface area contributed by atoms with Gasteiger partial charge in [0.05, 0.1) is 10.7 Å². The largest absolute Gasteiger partial charge is 0.314 e. The van der Waals surface area contributed by atoms with Gasteiger partial charge in [-0.1, -0.05) is 25.7 Å². The Bertz CT molecular complexity index is 486. The Kier molecular flexibility index (Phi) is 7.32. The third kappa shape index (κ3) is 5.75. The lowest BCUT2D eigenvalue weighted by molar-refractivity contribution is -0.757. The van der Waals surface area contributed by atoms with Gasteiger partial charge in [-0.05, 0) is 12.3 Å². The van der Waals surface area contributed by atoms with Crippen LogP contribution in [0, 0.1) is 17.0 Å². The highest BCUT2D eigenvalue weighted by molar-refractivity contribution is 8.02. The SMILES string of the molecule is C=C/C=C\SCC(C)c1nc(C)c(CCO[N+](=O)[O-])s1. The molecule has 20 heavy (non-hydrogen) atoms. The molecule has 7 heteroatoms. The second-order valence-electron chi connectivity index (χ2n) is 4.17. The zero-order valence-corrected chi connectivity index (χ0v) is 13.2. The first-order chi connectivity index (χ1) is 9.54. The molecule has 0 aliphatic heterocycles. The van der Waals surface area contributed by atoms with E-state index < -0.39 is 5.09 Å². The maximum Gasteiger partial charge on any atom is 0.294 e. The fraction of sp³-hybridized carbons (Fsp3) is 0.462. The molecule has 5 nitrogen and oxygen atoms in total. The molecule has 0 saturated heterocycles. The predicted molar refractivity (Wildman–Crippen MR) is 83.7 cm³/mol. The van der Waals surface area contributed by atoms with Crippen LogP contribution in [-0.4, -0.2) is 22.4 Å². The molecule has 0 spiro atoms. The van der Waals surface area contributed by atoms with E-state index in [1.165, 1.54) is 0 Å². The van der Waals surface area contributed by atoms with Gasteiger partial charge in [-0.2, -0.15) is 0 Å². The summed E-state index contributed by atoms with van der Waals surface area (Å²) in [6.45, 7) is 7.76. The average molecular weight is 314 g/mol. The smallest absolute Gasteiger partial charge is 0.294 e. The molecule has 0 saturated carbocycles. The summed E-state index contributed by atoms with van der Waals surface area (Å²) in [5, 5.41) is 12.4. The highest BCUT2D eigenvalue weighted by Gasteiger charge is 2.13. The van der Waals surface area contributed by atoms with Gasteiger partial charge in [-0.15, -0.1) is 33.2 Å². The van der Waals surface area contributed by atoms with Gasteiger partial charge in [0, 0.05) is 23.0 Å². The minimum Gasteiger partial charge on any atom is -0.314 e. The summed E-state index contributed by atoms with van der Waals surface area (Å²) in [6, 6.07) is 0. The van der Waals surface area contributed by atoms with Crippen molar-refractivity contribution in [2.45, 2.75) is 26.2 Å². The summed E-state index contributed by atoms with van der Waals surface area (Å²) in [5.74, 6) is 1.30. The molecule has 0 bridgehead atoms. The summed E-state index contributed by atoms with van der Waals surface area (Å²) in [4.78, 5) is 20.1. The van der Waals surface area contributed by atoms with Crippen molar-refractivity contribution in [1.29, 1.82) is 0 Å².